The lowest BCUT2D eigenvalue weighted by Crippen LogP contribution is -2.69. The van der Waals surface area contributed by atoms with E-state index in [1.54, 1.807) is 7.05 Å². The lowest BCUT2D eigenvalue weighted by Gasteiger charge is -2.48. The summed E-state index contributed by atoms with van der Waals surface area (Å²) < 4.78 is 55.3. The topological polar surface area (TPSA) is 344 Å². The highest BCUT2D eigenvalue weighted by molar-refractivity contribution is 7.79. The van der Waals surface area contributed by atoms with Gasteiger partial charge < -0.3 is 77.6 Å². The van der Waals surface area contributed by atoms with Crippen LogP contribution in [0.3, 0.4) is 0 Å². The third kappa shape index (κ3) is 12.1. The molecule has 3 rings (SSSR count). The quantitative estimate of drug-likeness (QED) is 0.0631. The summed E-state index contributed by atoms with van der Waals surface area (Å²) in [5.74, 6) is -0.170. The van der Waals surface area contributed by atoms with Gasteiger partial charge in [0.05, 0.1) is 37.9 Å². The van der Waals surface area contributed by atoms with Crippen molar-refractivity contribution in [3.63, 3.8) is 0 Å². The van der Waals surface area contributed by atoms with E-state index >= 15 is 0 Å². The SMILES string of the molecule is CN[C@@H]1[C@@H](O)[C@@H](O[C@@H]2[C@@H](O)[C@H](O[C@H]3OC(CNCCO)=CC[C@H]3N)[C@@H](N)C[C@H]2NC(=O)[C@@H](O)CCN)OC[C@]1(C)O.O=S(=O)(O)O. The molecule has 0 aromatic heterocycles. The van der Waals surface area contributed by atoms with E-state index in [9.17, 15) is 25.2 Å². The molecule has 1 saturated carbocycles. The highest BCUT2D eigenvalue weighted by Gasteiger charge is 2.51. The fraction of sp³-hybridized carbons (Fsp3) is 0.880. The molecule has 0 bridgehead atoms. The zero-order valence-corrected chi connectivity index (χ0v) is 26.5. The molecule has 20 nitrogen and oxygen atoms in total. The second kappa shape index (κ2) is 18.2. The van der Waals surface area contributed by atoms with E-state index in [1.807, 2.05) is 6.08 Å². The van der Waals surface area contributed by atoms with E-state index in [4.69, 9.17) is 58.8 Å². The molecule has 0 aromatic carbocycles. The molecule has 0 unspecified atom stereocenters. The summed E-state index contributed by atoms with van der Waals surface area (Å²) in [5.41, 5.74) is 16.7. The molecule has 270 valence electrons. The molecule has 2 heterocycles. The minimum atomic E-state index is -4.67. The monoisotopic (exact) mass is 690 g/mol. The molecular formula is C25H50N6O14S. The Bertz CT molecular complexity index is 1080. The molecule has 0 aromatic rings. The number of nitrogens with two attached hydrogens (primary N) is 3. The number of ether oxygens (including phenoxy) is 4. The molecule has 2 aliphatic heterocycles. The van der Waals surface area contributed by atoms with E-state index in [-0.39, 0.29) is 32.6 Å². The lowest BCUT2D eigenvalue weighted by molar-refractivity contribution is -0.304. The van der Waals surface area contributed by atoms with Gasteiger partial charge in [-0.25, -0.2) is 0 Å². The molecule has 3 aliphatic rings. The third-order valence-corrected chi connectivity index (χ3v) is 7.63. The van der Waals surface area contributed by atoms with Gasteiger partial charge in [0.2, 0.25) is 12.2 Å². The Morgan fingerprint density at radius 3 is 2.37 bits per heavy atom. The normalized spacial score (nSPS) is 37.3. The van der Waals surface area contributed by atoms with Crippen LogP contribution >= 0.6 is 0 Å². The predicted molar refractivity (Wildman–Crippen MR) is 159 cm³/mol. The van der Waals surface area contributed by atoms with Crippen LogP contribution in [0.5, 0.6) is 0 Å². The van der Waals surface area contributed by atoms with Crippen molar-refractivity contribution in [2.24, 2.45) is 17.2 Å². The molecule has 1 amide bonds. The van der Waals surface area contributed by atoms with E-state index in [0.29, 0.717) is 25.3 Å². The van der Waals surface area contributed by atoms with Crippen LogP contribution in [0.4, 0.5) is 0 Å². The van der Waals surface area contributed by atoms with Crippen molar-refractivity contribution in [3.8, 4) is 0 Å². The van der Waals surface area contributed by atoms with Crippen LogP contribution in [0.1, 0.15) is 26.2 Å². The van der Waals surface area contributed by atoms with Crippen molar-refractivity contribution in [1.29, 1.82) is 0 Å². The molecule has 0 spiro atoms. The summed E-state index contributed by atoms with van der Waals surface area (Å²) in [6, 6.07) is -3.12. The first-order chi connectivity index (χ1) is 21.4. The van der Waals surface area contributed by atoms with Crippen LogP contribution in [0, 0.1) is 0 Å². The fourth-order valence-electron chi connectivity index (χ4n) is 5.38. The van der Waals surface area contributed by atoms with Gasteiger partial charge in [0.25, 0.3) is 0 Å². The molecule has 46 heavy (non-hydrogen) atoms. The van der Waals surface area contributed by atoms with Crippen molar-refractivity contribution in [1.82, 2.24) is 16.0 Å². The van der Waals surface area contributed by atoms with Crippen molar-refractivity contribution in [2.75, 3.05) is 39.9 Å². The van der Waals surface area contributed by atoms with Gasteiger partial charge in [-0.05, 0) is 45.9 Å². The van der Waals surface area contributed by atoms with Gasteiger partial charge in [-0.1, -0.05) is 0 Å². The van der Waals surface area contributed by atoms with Crippen LogP contribution < -0.4 is 33.2 Å². The van der Waals surface area contributed by atoms with Gasteiger partial charge in [0.1, 0.15) is 41.9 Å². The number of carbonyl (C=O) groups is 1. The van der Waals surface area contributed by atoms with Crippen LogP contribution in [-0.4, -0.2) is 162 Å². The van der Waals surface area contributed by atoms with Crippen LogP contribution in [0.25, 0.3) is 0 Å². The van der Waals surface area contributed by atoms with E-state index in [1.165, 1.54) is 6.92 Å². The standard InChI is InChI=1S/C25H48N6O10.H2O4S/c1-25(37)11-38-24(18(35)21(25)29-2)41-20-15(31-22(36)16(33)5-6-26)9-14(28)19(17(20)34)40-23-13(27)4-3-12(39-23)10-30-7-8-32;1-5(2,3)4/h3,13-21,23-24,29-30,32-35,37H,4-11,26-28H2,1-2H3,(H,31,36);(H2,1,2,3,4)/t13-,14+,15-,16+,17+,18-,19-,20+,21-,23-,24-,25+;/m1./s1. The second-order valence-electron chi connectivity index (χ2n) is 11.5. The maximum absolute atomic E-state index is 12.7. The summed E-state index contributed by atoms with van der Waals surface area (Å²) in [6.45, 7) is 2.07. The highest BCUT2D eigenvalue weighted by atomic mass is 32.3. The summed E-state index contributed by atoms with van der Waals surface area (Å²) >= 11 is 0. The minimum absolute atomic E-state index is 0.0216. The number of carbonyl (C=O) groups excluding carboxylic acids is 1. The number of rotatable bonds is 13. The van der Waals surface area contributed by atoms with E-state index in [2.05, 4.69) is 16.0 Å². The van der Waals surface area contributed by atoms with Crippen molar-refractivity contribution < 1.29 is 66.8 Å². The molecule has 16 N–H and O–H groups in total. The van der Waals surface area contributed by atoms with Gasteiger partial charge in [-0.3, -0.25) is 13.9 Å². The lowest BCUT2D eigenvalue weighted by atomic mass is 9.83. The predicted octanol–water partition coefficient (Wildman–Crippen LogP) is -6.01. The average Bonchev–Trinajstić information content (AvgIpc) is 2.95. The Balaban J connectivity index is 0.00000136. The van der Waals surface area contributed by atoms with Gasteiger partial charge in [0, 0.05) is 12.6 Å². The Morgan fingerprint density at radius 1 is 1.15 bits per heavy atom. The molecule has 12 atom stereocenters. The Labute approximate surface area is 267 Å². The minimum Gasteiger partial charge on any atom is -0.467 e. The van der Waals surface area contributed by atoms with Crippen molar-refractivity contribution >= 4 is 16.3 Å². The first-order valence-electron chi connectivity index (χ1n) is 14.7. The highest BCUT2D eigenvalue weighted by Crippen LogP contribution is 2.32. The molecule has 2 fully saturated rings. The van der Waals surface area contributed by atoms with Crippen molar-refractivity contribution in [3.05, 3.63) is 11.8 Å². The first kappa shape index (κ1) is 40.5. The zero-order chi connectivity index (χ0) is 34.8. The van der Waals surface area contributed by atoms with E-state index < -0.39 is 89.2 Å². The van der Waals surface area contributed by atoms with Gasteiger partial charge in [-0.15, -0.1) is 0 Å². The Hall–Kier alpha value is -1.64. The van der Waals surface area contributed by atoms with Crippen LogP contribution in [-0.2, 0) is 34.1 Å². The number of amides is 1. The summed E-state index contributed by atoms with van der Waals surface area (Å²) in [6.07, 6.45) is -6.40. The van der Waals surface area contributed by atoms with Crippen LogP contribution in [0.15, 0.2) is 11.8 Å². The van der Waals surface area contributed by atoms with Gasteiger partial charge >= 0.3 is 10.4 Å². The molecule has 21 heteroatoms. The molecule has 1 saturated heterocycles. The zero-order valence-electron chi connectivity index (χ0n) is 25.7. The summed E-state index contributed by atoms with van der Waals surface area (Å²) in [4.78, 5) is 12.7. The number of likely N-dealkylation sites (N-methyl/N-ethyl adjacent to an activating group) is 1. The summed E-state index contributed by atoms with van der Waals surface area (Å²) in [7, 11) is -3.10. The maximum atomic E-state index is 12.7. The fourth-order valence-corrected chi connectivity index (χ4v) is 5.38. The van der Waals surface area contributed by atoms with Crippen LogP contribution in [0.2, 0.25) is 0 Å². The van der Waals surface area contributed by atoms with Crippen molar-refractivity contribution in [2.45, 2.75) is 99.1 Å². The Morgan fingerprint density at radius 2 is 1.78 bits per heavy atom. The molecule has 0 radical (unpaired) electrons. The number of hydrogen-bond acceptors (Lipinski definition) is 17. The smallest absolute Gasteiger partial charge is 0.394 e. The summed E-state index contributed by atoms with van der Waals surface area (Å²) in [5, 5.41) is 60.7. The maximum Gasteiger partial charge on any atom is 0.394 e. The third-order valence-electron chi connectivity index (χ3n) is 7.63. The number of hydrogen-bond donors (Lipinski definition) is 13. The van der Waals surface area contributed by atoms with Gasteiger partial charge in [-0.2, -0.15) is 8.42 Å². The first-order valence-corrected chi connectivity index (χ1v) is 16.1. The second-order valence-corrected chi connectivity index (χ2v) is 12.4. The number of aliphatic hydroxyl groups excluding tert-OH is 4. The molecule has 1 aliphatic carbocycles. The largest absolute Gasteiger partial charge is 0.467 e. The Kier molecular flexibility index (Phi) is 16.0. The number of nitrogens with one attached hydrogen (secondary N) is 3. The average molecular weight is 691 g/mol. The van der Waals surface area contributed by atoms with E-state index in [0.717, 1.165) is 0 Å². The molecular weight excluding hydrogens is 640 g/mol. The van der Waals surface area contributed by atoms with Gasteiger partial charge in [0.15, 0.2) is 6.29 Å². The number of aliphatic hydroxyl groups is 5.